The van der Waals surface area contributed by atoms with Crippen molar-refractivity contribution in [3.05, 3.63) is 36.0 Å². The van der Waals surface area contributed by atoms with E-state index < -0.39 is 0 Å². The predicted octanol–water partition coefficient (Wildman–Crippen LogP) is 2.26. The summed E-state index contributed by atoms with van der Waals surface area (Å²) in [6, 6.07) is 8.42. The van der Waals surface area contributed by atoms with Gasteiger partial charge in [-0.05, 0) is 24.6 Å². The van der Waals surface area contributed by atoms with Crippen LogP contribution in [0.3, 0.4) is 0 Å². The lowest BCUT2D eigenvalue weighted by Gasteiger charge is -2.05. The Hall–Kier alpha value is -1.32. The van der Waals surface area contributed by atoms with Crippen LogP contribution in [0.25, 0.3) is 10.9 Å². The molecule has 0 aliphatic heterocycles. The second-order valence-corrected chi connectivity index (χ2v) is 4.29. The Bertz CT molecular complexity index is 447. The highest BCUT2D eigenvalue weighted by Crippen LogP contribution is 2.16. The van der Waals surface area contributed by atoms with Gasteiger partial charge in [-0.15, -0.1) is 0 Å². The number of H-pyrrole nitrogens is 1. The van der Waals surface area contributed by atoms with Crippen molar-refractivity contribution in [3.8, 4) is 0 Å². The molecule has 0 aliphatic carbocycles. The summed E-state index contributed by atoms with van der Waals surface area (Å²) < 4.78 is 0. The lowest BCUT2D eigenvalue weighted by atomic mass is 10.2. The lowest BCUT2D eigenvalue weighted by molar-refractivity contribution is 0.608. The third kappa shape index (κ3) is 3.32. The van der Waals surface area contributed by atoms with E-state index in [1.807, 2.05) is 0 Å². The summed E-state index contributed by atoms with van der Waals surface area (Å²) in [6.07, 6.45) is 3.29. The fourth-order valence-electron chi connectivity index (χ4n) is 1.98. The number of aromatic nitrogens is 1. The summed E-state index contributed by atoms with van der Waals surface area (Å²) in [5, 5.41) is 8.16. The molecule has 0 bridgehead atoms. The van der Waals surface area contributed by atoms with Crippen LogP contribution in [0.5, 0.6) is 0 Å². The van der Waals surface area contributed by atoms with Crippen molar-refractivity contribution in [2.24, 2.45) is 0 Å². The zero-order valence-corrected chi connectivity index (χ0v) is 10.4. The predicted molar refractivity (Wildman–Crippen MR) is 73.2 cm³/mol. The van der Waals surface area contributed by atoms with Crippen molar-refractivity contribution in [2.45, 2.75) is 19.9 Å². The smallest absolute Gasteiger partial charge is 0.0457 e. The highest BCUT2D eigenvalue weighted by molar-refractivity contribution is 5.82. The van der Waals surface area contributed by atoms with Gasteiger partial charge in [-0.2, -0.15) is 0 Å². The van der Waals surface area contributed by atoms with E-state index in [1.54, 1.807) is 0 Å². The Morgan fingerprint density at radius 2 is 1.88 bits per heavy atom. The summed E-state index contributed by atoms with van der Waals surface area (Å²) in [6.45, 7) is 6.27. The Morgan fingerprint density at radius 3 is 2.76 bits per heavy atom. The van der Waals surface area contributed by atoms with Crippen molar-refractivity contribution in [2.75, 3.05) is 19.6 Å². The largest absolute Gasteiger partial charge is 0.361 e. The Labute approximate surface area is 103 Å². The van der Waals surface area contributed by atoms with Crippen LogP contribution in [0.2, 0.25) is 0 Å². The molecular formula is C14H21N3. The molecule has 3 N–H and O–H groups in total. The molecule has 0 amide bonds. The van der Waals surface area contributed by atoms with Gasteiger partial charge < -0.3 is 15.6 Å². The van der Waals surface area contributed by atoms with E-state index >= 15 is 0 Å². The van der Waals surface area contributed by atoms with E-state index in [2.05, 4.69) is 53.0 Å². The van der Waals surface area contributed by atoms with Crippen molar-refractivity contribution in [3.63, 3.8) is 0 Å². The van der Waals surface area contributed by atoms with Crippen LogP contribution in [-0.2, 0) is 6.54 Å². The van der Waals surface area contributed by atoms with E-state index in [4.69, 9.17) is 0 Å². The summed E-state index contributed by atoms with van der Waals surface area (Å²) >= 11 is 0. The van der Waals surface area contributed by atoms with E-state index in [1.165, 1.54) is 22.9 Å². The van der Waals surface area contributed by atoms with E-state index in [0.29, 0.717) is 0 Å². The minimum Gasteiger partial charge on any atom is -0.361 e. The van der Waals surface area contributed by atoms with Gasteiger partial charge in [0.1, 0.15) is 0 Å². The fraction of sp³-hybridized carbons (Fsp3) is 0.429. The quantitative estimate of drug-likeness (QED) is 0.640. The van der Waals surface area contributed by atoms with Gasteiger partial charge in [0.05, 0.1) is 0 Å². The molecule has 0 aliphatic rings. The highest BCUT2D eigenvalue weighted by atomic mass is 14.9. The summed E-state index contributed by atoms with van der Waals surface area (Å²) in [5.41, 5.74) is 2.56. The van der Waals surface area contributed by atoms with Gasteiger partial charge in [-0.3, -0.25) is 0 Å². The molecule has 17 heavy (non-hydrogen) atoms. The molecule has 1 heterocycles. The minimum absolute atomic E-state index is 0.928. The van der Waals surface area contributed by atoms with Crippen molar-refractivity contribution in [1.29, 1.82) is 0 Å². The van der Waals surface area contributed by atoms with Gasteiger partial charge >= 0.3 is 0 Å². The van der Waals surface area contributed by atoms with Crippen LogP contribution >= 0.6 is 0 Å². The molecule has 0 fully saturated rings. The molecule has 2 aromatic rings. The molecule has 0 radical (unpaired) electrons. The molecule has 0 spiro atoms. The Balaban J connectivity index is 1.79. The van der Waals surface area contributed by atoms with Gasteiger partial charge in [0.2, 0.25) is 0 Å². The standard InChI is InChI=1S/C14H21N3/c1-2-7-15-8-9-16-10-12-11-17-14-6-4-3-5-13(12)14/h3-6,11,15-17H,2,7-10H2,1H3. The van der Waals surface area contributed by atoms with E-state index in [-0.39, 0.29) is 0 Å². The number of hydrogen-bond acceptors (Lipinski definition) is 2. The number of benzene rings is 1. The second-order valence-electron chi connectivity index (χ2n) is 4.29. The average Bonchev–Trinajstić information content (AvgIpc) is 2.77. The number of aromatic amines is 1. The van der Waals surface area contributed by atoms with Gasteiger partial charge in [0, 0.05) is 36.7 Å². The third-order valence-corrected chi connectivity index (χ3v) is 2.90. The Kier molecular flexibility index (Phi) is 4.59. The molecule has 0 saturated heterocycles. The van der Waals surface area contributed by atoms with Crippen LogP contribution in [0, 0.1) is 0 Å². The van der Waals surface area contributed by atoms with Gasteiger partial charge in [-0.1, -0.05) is 25.1 Å². The first-order chi connectivity index (χ1) is 8.42. The molecule has 0 unspecified atom stereocenters. The minimum atomic E-state index is 0.928. The monoisotopic (exact) mass is 231 g/mol. The van der Waals surface area contributed by atoms with Crippen molar-refractivity contribution in [1.82, 2.24) is 15.6 Å². The normalized spacial score (nSPS) is 11.1. The van der Waals surface area contributed by atoms with E-state index in [0.717, 1.165) is 26.2 Å². The molecule has 3 heteroatoms. The first-order valence-corrected chi connectivity index (χ1v) is 6.38. The highest BCUT2D eigenvalue weighted by Gasteiger charge is 2.01. The summed E-state index contributed by atoms with van der Waals surface area (Å²) in [7, 11) is 0. The fourth-order valence-corrected chi connectivity index (χ4v) is 1.98. The van der Waals surface area contributed by atoms with Crippen LogP contribution < -0.4 is 10.6 Å². The molecule has 3 nitrogen and oxygen atoms in total. The maximum Gasteiger partial charge on any atom is 0.0457 e. The summed E-state index contributed by atoms with van der Waals surface area (Å²) in [4.78, 5) is 3.29. The van der Waals surface area contributed by atoms with Crippen molar-refractivity contribution < 1.29 is 0 Å². The Morgan fingerprint density at radius 1 is 1.06 bits per heavy atom. The molecule has 0 atom stereocenters. The van der Waals surface area contributed by atoms with Crippen LogP contribution in [0.4, 0.5) is 0 Å². The topological polar surface area (TPSA) is 39.8 Å². The molecular weight excluding hydrogens is 210 g/mol. The van der Waals surface area contributed by atoms with Crippen molar-refractivity contribution >= 4 is 10.9 Å². The lowest BCUT2D eigenvalue weighted by Crippen LogP contribution is -2.27. The summed E-state index contributed by atoms with van der Waals surface area (Å²) in [5.74, 6) is 0. The van der Waals surface area contributed by atoms with Gasteiger partial charge in [0.15, 0.2) is 0 Å². The van der Waals surface area contributed by atoms with E-state index in [9.17, 15) is 0 Å². The number of hydrogen-bond donors (Lipinski definition) is 3. The SMILES string of the molecule is CCCNCCNCc1c[nH]c2ccccc12. The average molecular weight is 231 g/mol. The first kappa shape index (κ1) is 12.1. The number of para-hydroxylation sites is 1. The molecule has 0 saturated carbocycles. The molecule has 1 aromatic heterocycles. The molecule has 92 valence electrons. The van der Waals surface area contributed by atoms with Gasteiger partial charge in [0.25, 0.3) is 0 Å². The number of nitrogens with one attached hydrogen (secondary N) is 3. The first-order valence-electron chi connectivity index (χ1n) is 6.38. The molecule has 1 aromatic carbocycles. The zero-order chi connectivity index (χ0) is 11.9. The van der Waals surface area contributed by atoms with Crippen LogP contribution in [-0.4, -0.2) is 24.6 Å². The molecule has 2 rings (SSSR count). The zero-order valence-electron chi connectivity index (χ0n) is 10.4. The van der Waals surface area contributed by atoms with Crippen LogP contribution in [0.15, 0.2) is 30.5 Å². The second kappa shape index (κ2) is 6.42. The van der Waals surface area contributed by atoms with Gasteiger partial charge in [-0.25, -0.2) is 0 Å². The number of rotatable bonds is 7. The third-order valence-electron chi connectivity index (χ3n) is 2.90. The van der Waals surface area contributed by atoms with Crippen LogP contribution in [0.1, 0.15) is 18.9 Å². The maximum atomic E-state index is 3.46. The maximum absolute atomic E-state index is 3.46. The number of fused-ring (bicyclic) bond motifs is 1.